The maximum absolute atomic E-state index is 13.4. The Bertz CT molecular complexity index is 411. The van der Waals surface area contributed by atoms with Gasteiger partial charge in [-0.15, -0.1) is 0 Å². The molecule has 6 heteroatoms. The lowest BCUT2D eigenvalue weighted by molar-refractivity contribution is 0.217. The van der Waals surface area contributed by atoms with Gasteiger partial charge in [-0.25, -0.2) is 13.6 Å². The van der Waals surface area contributed by atoms with Crippen LogP contribution in [-0.2, 0) is 0 Å². The van der Waals surface area contributed by atoms with E-state index in [0.717, 1.165) is 12.1 Å². The van der Waals surface area contributed by atoms with Crippen molar-refractivity contribution >= 4 is 11.7 Å². The number of hydrogen-bond acceptors (Lipinski definition) is 2. The van der Waals surface area contributed by atoms with Gasteiger partial charge in [-0.1, -0.05) is 0 Å². The van der Waals surface area contributed by atoms with Crippen molar-refractivity contribution < 1.29 is 18.3 Å². The normalized spacial score (nSPS) is 10.1. The van der Waals surface area contributed by atoms with Gasteiger partial charge in [0.05, 0.1) is 7.11 Å². The van der Waals surface area contributed by atoms with Crippen LogP contribution in [0.25, 0.3) is 0 Å². The Kier molecular flexibility index (Phi) is 4.88. The molecule has 0 atom stereocenters. The van der Waals surface area contributed by atoms with Gasteiger partial charge in [0.15, 0.2) is 17.4 Å². The van der Waals surface area contributed by atoms with Crippen LogP contribution >= 0.6 is 0 Å². The minimum absolute atomic E-state index is 0.0581. The van der Waals surface area contributed by atoms with Gasteiger partial charge in [0.1, 0.15) is 0 Å². The fraction of sp³-hybridized carbons (Fsp3) is 0.417. The molecule has 1 aromatic rings. The molecule has 1 N–H and O–H groups in total. The molecule has 0 fully saturated rings. The van der Waals surface area contributed by atoms with Crippen molar-refractivity contribution in [2.75, 3.05) is 25.5 Å². The summed E-state index contributed by atoms with van der Waals surface area (Å²) in [7, 11) is 1.18. The van der Waals surface area contributed by atoms with Crippen molar-refractivity contribution in [3.8, 4) is 5.75 Å². The van der Waals surface area contributed by atoms with Gasteiger partial charge >= 0.3 is 6.03 Å². The number of anilines is 1. The molecular weight excluding hydrogens is 242 g/mol. The fourth-order valence-electron chi connectivity index (χ4n) is 1.54. The molecule has 0 spiro atoms. The highest BCUT2D eigenvalue weighted by molar-refractivity contribution is 5.89. The van der Waals surface area contributed by atoms with E-state index in [9.17, 15) is 13.6 Å². The van der Waals surface area contributed by atoms with E-state index >= 15 is 0 Å². The molecule has 18 heavy (non-hydrogen) atoms. The summed E-state index contributed by atoms with van der Waals surface area (Å²) in [6.45, 7) is 4.67. The molecule has 0 aliphatic carbocycles. The molecule has 0 unspecified atom stereocenters. The van der Waals surface area contributed by atoms with E-state index in [0.29, 0.717) is 13.1 Å². The van der Waals surface area contributed by atoms with Gasteiger partial charge in [-0.3, -0.25) is 0 Å². The van der Waals surface area contributed by atoms with Gasteiger partial charge in [0, 0.05) is 30.9 Å². The van der Waals surface area contributed by atoms with Crippen molar-refractivity contribution in [3.63, 3.8) is 0 Å². The summed E-state index contributed by atoms with van der Waals surface area (Å²) in [5.74, 6) is -2.17. The van der Waals surface area contributed by atoms with Crippen molar-refractivity contribution in [1.82, 2.24) is 4.90 Å². The number of carbonyl (C=O) groups excluding carboxylic acids is 1. The van der Waals surface area contributed by atoms with Gasteiger partial charge in [-0.05, 0) is 13.8 Å². The lowest BCUT2D eigenvalue weighted by Crippen LogP contribution is -2.34. The maximum Gasteiger partial charge on any atom is 0.321 e. The molecule has 4 nitrogen and oxygen atoms in total. The average molecular weight is 258 g/mol. The SMILES string of the molecule is CCN(CC)C(=O)Nc1cc(F)c(OC)c(F)c1. The first-order valence-corrected chi connectivity index (χ1v) is 5.62. The summed E-state index contributed by atoms with van der Waals surface area (Å²) in [6.07, 6.45) is 0. The van der Waals surface area contributed by atoms with E-state index in [1.165, 1.54) is 12.0 Å². The first-order valence-electron chi connectivity index (χ1n) is 5.62. The Morgan fingerprint density at radius 1 is 1.28 bits per heavy atom. The van der Waals surface area contributed by atoms with E-state index in [1.54, 1.807) is 0 Å². The van der Waals surface area contributed by atoms with Crippen LogP contribution in [0.1, 0.15) is 13.8 Å². The smallest absolute Gasteiger partial charge is 0.321 e. The zero-order chi connectivity index (χ0) is 13.7. The van der Waals surface area contributed by atoms with Crippen LogP contribution in [-0.4, -0.2) is 31.1 Å². The number of benzene rings is 1. The lowest BCUT2D eigenvalue weighted by Gasteiger charge is -2.19. The highest BCUT2D eigenvalue weighted by Gasteiger charge is 2.14. The molecule has 0 aliphatic rings. The van der Waals surface area contributed by atoms with Crippen LogP contribution in [0.4, 0.5) is 19.3 Å². The molecule has 100 valence electrons. The van der Waals surface area contributed by atoms with E-state index in [4.69, 9.17) is 0 Å². The van der Waals surface area contributed by atoms with Crippen molar-refractivity contribution in [1.29, 1.82) is 0 Å². The molecule has 2 amide bonds. The Labute approximate surface area is 105 Å². The van der Waals surface area contributed by atoms with Crippen molar-refractivity contribution in [3.05, 3.63) is 23.8 Å². The molecule has 0 aromatic heterocycles. The van der Waals surface area contributed by atoms with E-state index < -0.39 is 23.4 Å². The highest BCUT2D eigenvalue weighted by Crippen LogP contribution is 2.25. The van der Waals surface area contributed by atoms with Crippen LogP contribution in [0.5, 0.6) is 5.75 Å². The Balaban J connectivity index is 2.89. The number of nitrogens with zero attached hydrogens (tertiary/aromatic N) is 1. The minimum atomic E-state index is -0.854. The predicted molar refractivity (Wildman–Crippen MR) is 64.8 cm³/mol. The molecule has 0 saturated heterocycles. The second-order valence-electron chi connectivity index (χ2n) is 3.58. The highest BCUT2D eigenvalue weighted by atomic mass is 19.1. The summed E-state index contributed by atoms with van der Waals surface area (Å²) in [5.41, 5.74) is 0.0581. The quantitative estimate of drug-likeness (QED) is 0.902. The van der Waals surface area contributed by atoms with Crippen LogP contribution in [0, 0.1) is 11.6 Å². The third-order valence-corrected chi connectivity index (χ3v) is 2.50. The second kappa shape index (κ2) is 6.18. The number of urea groups is 1. The topological polar surface area (TPSA) is 41.6 Å². The van der Waals surface area contributed by atoms with Crippen LogP contribution in [0.3, 0.4) is 0 Å². The summed E-state index contributed by atoms with van der Waals surface area (Å²) < 4.78 is 31.3. The molecule has 0 saturated carbocycles. The first-order chi connectivity index (χ1) is 8.53. The average Bonchev–Trinajstić information content (AvgIpc) is 2.30. The second-order valence-corrected chi connectivity index (χ2v) is 3.58. The lowest BCUT2D eigenvalue weighted by atomic mass is 10.2. The molecule has 1 rings (SSSR count). The maximum atomic E-state index is 13.4. The Hall–Kier alpha value is -1.85. The number of rotatable bonds is 4. The number of carbonyl (C=O) groups is 1. The Morgan fingerprint density at radius 2 is 1.78 bits per heavy atom. The molecule has 0 aliphatic heterocycles. The van der Waals surface area contributed by atoms with Gasteiger partial charge in [-0.2, -0.15) is 0 Å². The van der Waals surface area contributed by atoms with E-state index in [1.807, 2.05) is 13.8 Å². The Morgan fingerprint density at radius 3 is 2.17 bits per heavy atom. The number of methoxy groups -OCH3 is 1. The van der Waals surface area contributed by atoms with Crippen LogP contribution in [0.2, 0.25) is 0 Å². The standard InChI is InChI=1S/C12H16F2N2O2/c1-4-16(5-2)12(17)15-8-6-9(13)11(18-3)10(14)7-8/h6-7H,4-5H2,1-3H3,(H,15,17). The van der Waals surface area contributed by atoms with E-state index in [-0.39, 0.29) is 5.69 Å². The largest absolute Gasteiger partial charge is 0.491 e. The van der Waals surface area contributed by atoms with E-state index in [2.05, 4.69) is 10.1 Å². The third kappa shape index (κ3) is 3.09. The molecule has 0 heterocycles. The molecule has 0 radical (unpaired) electrons. The van der Waals surface area contributed by atoms with Crippen molar-refractivity contribution in [2.24, 2.45) is 0 Å². The summed E-state index contributed by atoms with van der Waals surface area (Å²) in [6, 6.07) is 1.64. The van der Waals surface area contributed by atoms with Crippen LogP contribution < -0.4 is 10.1 Å². The number of amides is 2. The number of ether oxygens (including phenoxy) is 1. The molecule has 1 aromatic carbocycles. The molecular formula is C12H16F2N2O2. The van der Waals surface area contributed by atoms with Gasteiger partial charge in [0.2, 0.25) is 0 Å². The summed E-state index contributed by atoms with van der Waals surface area (Å²) >= 11 is 0. The van der Waals surface area contributed by atoms with Crippen LogP contribution in [0.15, 0.2) is 12.1 Å². The number of halogens is 2. The zero-order valence-electron chi connectivity index (χ0n) is 10.6. The monoisotopic (exact) mass is 258 g/mol. The fourth-order valence-corrected chi connectivity index (χ4v) is 1.54. The summed E-state index contributed by atoms with van der Waals surface area (Å²) in [4.78, 5) is 13.2. The van der Waals surface area contributed by atoms with Crippen molar-refractivity contribution in [2.45, 2.75) is 13.8 Å². The summed E-state index contributed by atoms with van der Waals surface area (Å²) in [5, 5.41) is 2.43. The molecule has 0 bridgehead atoms. The third-order valence-electron chi connectivity index (χ3n) is 2.50. The zero-order valence-corrected chi connectivity index (χ0v) is 10.6. The number of hydrogen-bond donors (Lipinski definition) is 1. The first kappa shape index (κ1) is 14.2. The minimum Gasteiger partial charge on any atom is -0.491 e. The number of nitrogens with one attached hydrogen (secondary N) is 1. The van der Waals surface area contributed by atoms with Gasteiger partial charge in [0.25, 0.3) is 0 Å². The predicted octanol–water partition coefficient (Wildman–Crippen LogP) is 2.85. The van der Waals surface area contributed by atoms with Gasteiger partial charge < -0.3 is 15.0 Å².